The molecule has 2 aliphatic heterocycles. The summed E-state index contributed by atoms with van der Waals surface area (Å²) >= 11 is 0. The van der Waals surface area contributed by atoms with Gasteiger partial charge in [-0.15, -0.1) is 0 Å². The zero-order valence-corrected chi connectivity index (χ0v) is 10.9. The molecule has 5 heteroatoms. The Morgan fingerprint density at radius 2 is 2.32 bits per heavy atom. The normalized spacial score (nSPS) is 28.4. The van der Waals surface area contributed by atoms with Crippen molar-refractivity contribution >= 4 is 11.6 Å². The number of ether oxygens (including phenoxy) is 2. The summed E-state index contributed by atoms with van der Waals surface area (Å²) in [6.45, 7) is 0. The summed E-state index contributed by atoms with van der Waals surface area (Å²) in [5.41, 5.74) is 6.76. The van der Waals surface area contributed by atoms with Crippen LogP contribution in [0.1, 0.15) is 29.6 Å². The number of fused-ring (bicyclic) bond motifs is 2. The van der Waals surface area contributed by atoms with Crippen molar-refractivity contribution in [1.82, 2.24) is 5.32 Å². The fraction of sp³-hybridized carbons (Fsp3) is 0.500. The minimum absolute atomic E-state index is 0.109. The molecule has 19 heavy (non-hydrogen) atoms. The van der Waals surface area contributed by atoms with Gasteiger partial charge in [-0.05, 0) is 37.5 Å². The third-order valence-corrected chi connectivity index (χ3v) is 3.89. The van der Waals surface area contributed by atoms with Crippen molar-refractivity contribution in [2.75, 3.05) is 12.8 Å². The van der Waals surface area contributed by atoms with E-state index in [9.17, 15) is 4.79 Å². The van der Waals surface area contributed by atoms with Crippen molar-refractivity contribution in [3.63, 3.8) is 0 Å². The standard InChI is InChI=1S/C14H18N2O3/c1-18-12-4-2-8(15)6-10(12)14(17)16-11-7-9-3-5-13(11)19-9/h2,4,6,9,11,13H,3,5,7,15H2,1H3,(H,16,17). The third kappa shape index (κ3) is 2.26. The molecular weight excluding hydrogens is 244 g/mol. The molecule has 3 rings (SSSR count). The summed E-state index contributed by atoms with van der Waals surface area (Å²) in [4.78, 5) is 12.3. The molecule has 3 unspecified atom stereocenters. The molecule has 2 aliphatic rings. The second kappa shape index (κ2) is 4.74. The lowest BCUT2D eigenvalue weighted by atomic mass is 9.95. The highest BCUT2D eigenvalue weighted by Crippen LogP contribution is 2.34. The molecule has 2 bridgehead atoms. The molecule has 1 aromatic carbocycles. The van der Waals surface area contributed by atoms with Crippen LogP contribution in [0.15, 0.2) is 18.2 Å². The van der Waals surface area contributed by atoms with E-state index in [2.05, 4.69) is 5.32 Å². The molecule has 0 aliphatic carbocycles. The van der Waals surface area contributed by atoms with Crippen molar-refractivity contribution in [2.45, 2.75) is 37.5 Å². The zero-order chi connectivity index (χ0) is 13.4. The summed E-state index contributed by atoms with van der Waals surface area (Å²) in [5, 5.41) is 3.03. The molecular formula is C14H18N2O3. The fourth-order valence-corrected chi connectivity index (χ4v) is 2.94. The lowest BCUT2D eigenvalue weighted by molar-refractivity contribution is 0.0839. The number of benzene rings is 1. The van der Waals surface area contributed by atoms with Gasteiger partial charge in [0.05, 0.1) is 30.9 Å². The van der Waals surface area contributed by atoms with Gasteiger partial charge in [-0.25, -0.2) is 0 Å². The quantitative estimate of drug-likeness (QED) is 0.806. The summed E-state index contributed by atoms with van der Waals surface area (Å²) in [7, 11) is 1.54. The van der Waals surface area contributed by atoms with Crippen LogP contribution in [-0.2, 0) is 4.74 Å². The van der Waals surface area contributed by atoms with E-state index in [0.717, 1.165) is 19.3 Å². The number of hydrogen-bond acceptors (Lipinski definition) is 4. The summed E-state index contributed by atoms with van der Waals surface area (Å²) < 4.78 is 10.9. The Morgan fingerprint density at radius 3 is 2.95 bits per heavy atom. The molecule has 2 heterocycles. The number of nitrogens with two attached hydrogens (primary N) is 1. The lowest BCUT2D eigenvalue weighted by Crippen LogP contribution is -2.41. The van der Waals surface area contributed by atoms with Gasteiger partial charge >= 0.3 is 0 Å². The predicted octanol–water partition coefficient (Wildman–Crippen LogP) is 1.33. The lowest BCUT2D eigenvalue weighted by Gasteiger charge is -2.20. The number of hydrogen-bond donors (Lipinski definition) is 2. The van der Waals surface area contributed by atoms with Crippen molar-refractivity contribution in [1.29, 1.82) is 0 Å². The van der Waals surface area contributed by atoms with E-state index in [1.54, 1.807) is 25.3 Å². The van der Waals surface area contributed by atoms with Crippen LogP contribution in [0, 0.1) is 0 Å². The number of carbonyl (C=O) groups excluding carboxylic acids is 1. The highest BCUT2D eigenvalue weighted by Gasteiger charge is 2.41. The molecule has 3 atom stereocenters. The number of nitrogens with one attached hydrogen (secondary N) is 1. The molecule has 0 aromatic heterocycles. The Bertz CT molecular complexity index is 503. The van der Waals surface area contributed by atoms with Gasteiger partial charge in [0.25, 0.3) is 5.91 Å². The first-order valence-electron chi connectivity index (χ1n) is 6.57. The van der Waals surface area contributed by atoms with E-state index in [1.807, 2.05) is 0 Å². The van der Waals surface area contributed by atoms with Crippen molar-refractivity contribution in [2.24, 2.45) is 0 Å². The van der Waals surface area contributed by atoms with Crippen LogP contribution in [0.3, 0.4) is 0 Å². The second-order valence-electron chi connectivity index (χ2n) is 5.15. The maximum Gasteiger partial charge on any atom is 0.255 e. The Labute approximate surface area is 112 Å². The van der Waals surface area contributed by atoms with Crippen LogP contribution in [0.5, 0.6) is 5.75 Å². The Morgan fingerprint density at radius 1 is 1.47 bits per heavy atom. The highest BCUT2D eigenvalue weighted by atomic mass is 16.5. The van der Waals surface area contributed by atoms with Gasteiger partial charge in [-0.3, -0.25) is 4.79 Å². The van der Waals surface area contributed by atoms with Crippen molar-refractivity contribution in [3.8, 4) is 5.75 Å². The Kier molecular flexibility index (Phi) is 3.06. The van der Waals surface area contributed by atoms with Crippen LogP contribution in [0.4, 0.5) is 5.69 Å². The van der Waals surface area contributed by atoms with Gasteiger partial charge in [-0.2, -0.15) is 0 Å². The van der Waals surface area contributed by atoms with E-state index in [1.165, 1.54) is 0 Å². The monoisotopic (exact) mass is 262 g/mol. The third-order valence-electron chi connectivity index (χ3n) is 3.89. The van der Waals surface area contributed by atoms with Gasteiger partial charge in [-0.1, -0.05) is 0 Å². The first-order valence-corrected chi connectivity index (χ1v) is 6.57. The van der Waals surface area contributed by atoms with Crippen LogP contribution >= 0.6 is 0 Å². The fourth-order valence-electron chi connectivity index (χ4n) is 2.94. The first kappa shape index (κ1) is 12.3. The number of anilines is 1. The SMILES string of the molecule is COc1ccc(N)cc1C(=O)NC1CC2CCC1O2. The maximum atomic E-state index is 12.3. The molecule has 0 saturated carbocycles. The van der Waals surface area contributed by atoms with Gasteiger partial charge in [0.15, 0.2) is 0 Å². The van der Waals surface area contributed by atoms with E-state index >= 15 is 0 Å². The minimum atomic E-state index is -0.148. The molecule has 5 nitrogen and oxygen atoms in total. The average molecular weight is 262 g/mol. The predicted molar refractivity (Wildman–Crippen MR) is 71.2 cm³/mol. The van der Waals surface area contributed by atoms with Crippen LogP contribution < -0.4 is 15.8 Å². The Hall–Kier alpha value is -1.75. The molecule has 3 N–H and O–H groups in total. The largest absolute Gasteiger partial charge is 0.496 e. The van der Waals surface area contributed by atoms with Crippen LogP contribution in [-0.4, -0.2) is 31.3 Å². The summed E-state index contributed by atoms with van der Waals surface area (Å²) in [5.74, 6) is 0.390. The maximum absolute atomic E-state index is 12.3. The van der Waals surface area contributed by atoms with Gasteiger partial charge in [0.2, 0.25) is 0 Å². The average Bonchev–Trinajstić information content (AvgIpc) is 3.01. The minimum Gasteiger partial charge on any atom is -0.496 e. The number of nitrogen functional groups attached to an aromatic ring is 1. The van der Waals surface area contributed by atoms with E-state index in [4.69, 9.17) is 15.2 Å². The first-order chi connectivity index (χ1) is 9.17. The number of methoxy groups -OCH3 is 1. The van der Waals surface area contributed by atoms with Crippen molar-refractivity contribution < 1.29 is 14.3 Å². The molecule has 2 saturated heterocycles. The second-order valence-corrected chi connectivity index (χ2v) is 5.15. The van der Waals surface area contributed by atoms with Gasteiger partial charge < -0.3 is 20.5 Å². The smallest absolute Gasteiger partial charge is 0.255 e. The molecule has 1 amide bonds. The molecule has 0 spiro atoms. The number of rotatable bonds is 3. The van der Waals surface area contributed by atoms with Crippen LogP contribution in [0.25, 0.3) is 0 Å². The molecule has 102 valence electrons. The van der Waals surface area contributed by atoms with E-state index in [0.29, 0.717) is 23.1 Å². The Balaban J connectivity index is 1.75. The summed E-state index contributed by atoms with van der Waals surface area (Å²) in [6, 6.07) is 5.18. The van der Waals surface area contributed by atoms with E-state index < -0.39 is 0 Å². The van der Waals surface area contributed by atoms with E-state index in [-0.39, 0.29) is 18.1 Å². The number of amides is 1. The van der Waals surface area contributed by atoms with Crippen molar-refractivity contribution in [3.05, 3.63) is 23.8 Å². The highest BCUT2D eigenvalue weighted by molar-refractivity contribution is 5.98. The molecule has 2 fully saturated rings. The van der Waals surface area contributed by atoms with Gasteiger partial charge in [0, 0.05) is 5.69 Å². The van der Waals surface area contributed by atoms with Gasteiger partial charge in [0.1, 0.15) is 5.75 Å². The molecule has 1 aromatic rings. The van der Waals surface area contributed by atoms with Crippen LogP contribution in [0.2, 0.25) is 0 Å². The molecule has 0 radical (unpaired) electrons. The topological polar surface area (TPSA) is 73.6 Å². The number of carbonyl (C=O) groups is 1. The zero-order valence-electron chi connectivity index (χ0n) is 10.9. The summed E-state index contributed by atoms with van der Waals surface area (Å²) in [6.07, 6.45) is 3.53.